The summed E-state index contributed by atoms with van der Waals surface area (Å²) in [6.45, 7) is 0.654. The van der Waals surface area contributed by atoms with Crippen molar-refractivity contribution in [2.45, 2.75) is 29.5 Å². The number of aromatic nitrogens is 2. The minimum absolute atomic E-state index is 0.193. The van der Waals surface area contributed by atoms with Crippen LogP contribution >= 0.6 is 11.6 Å². The first kappa shape index (κ1) is 21.1. The molecule has 3 atom stereocenters. The first-order chi connectivity index (χ1) is 14.5. The Morgan fingerprint density at radius 3 is 2.80 bits per heavy atom. The lowest BCUT2D eigenvalue weighted by Gasteiger charge is -2.35. The zero-order valence-corrected chi connectivity index (χ0v) is 18.5. The molecule has 3 aromatic rings. The maximum atomic E-state index is 12.9. The van der Waals surface area contributed by atoms with Gasteiger partial charge in [0.15, 0.2) is 0 Å². The van der Waals surface area contributed by atoms with E-state index in [2.05, 4.69) is 11.1 Å². The highest BCUT2D eigenvalue weighted by Gasteiger charge is 2.47. The lowest BCUT2D eigenvalue weighted by Crippen LogP contribution is -2.41. The van der Waals surface area contributed by atoms with Crippen LogP contribution < -0.4 is 4.74 Å². The fourth-order valence-electron chi connectivity index (χ4n) is 3.96. The first-order valence-corrected chi connectivity index (χ1v) is 11.3. The van der Waals surface area contributed by atoms with Crippen LogP contribution in [-0.2, 0) is 27.7 Å². The lowest BCUT2D eigenvalue weighted by molar-refractivity contribution is -0.170. The summed E-state index contributed by atoms with van der Waals surface area (Å²) in [5.74, 6) is 1.20. The van der Waals surface area contributed by atoms with Gasteiger partial charge in [0.05, 0.1) is 41.6 Å². The average molecular weight is 446 g/mol. The molecule has 0 amide bonds. The van der Waals surface area contributed by atoms with Gasteiger partial charge < -0.3 is 9.30 Å². The van der Waals surface area contributed by atoms with E-state index in [1.165, 1.54) is 0 Å². The van der Waals surface area contributed by atoms with E-state index in [9.17, 15) is 4.21 Å². The van der Waals surface area contributed by atoms with Crippen LogP contribution in [0.2, 0.25) is 5.02 Å². The summed E-state index contributed by atoms with van der Waals surface area (Å²) in [5.41, 5.74) is 0.641. The predicted molar refractivity (Wildman–Crippen MR) is 117 cm³/mol. The molecular weight excluding hydrogens is 422 g/mol. The van der Waals surface area contributed by atoms with E-state index < -0.39 is 16.3 Å². The molecule has 2 aromatic carbocycles. The SMILES string of the molecule is COc1cccc([C@]2(Cn3ccnc3)C[C@@H](CS(=O)c3ccc(Cl)cc3)ON2C)c1. The number of benzene rings is 2. The van der Waals surface area contributed by atoms with Crippen molar-refractivity contribution in [3.63, 3.8) is 0 Å². The third-order valence-electron chi connectivity index (χ3n) is 5.50. The van der Waals surface area contributed by atoms with Gasteiger partial charge >= 0.3 is 0 Å². The van der Waals surface area contributed by atoms with Gasteiger partial charge in [0.25, 0.3) is 0 Å². The van der Waals surface area contributed by atoms with Crippen molar-refractivity contribution in [2.24, 2.45) is 0 Å². The number of hydroxylamine groups is 2. The second-order valence-electron chi connectivity index (χ2n) is 7.39. The molecule has 1 aromatic heterocycles. The van der Waals surface area contributed by atoms with Crippen LogP contribution in [0.3, 0.4) is 0 Å². The number of hydrogen-bond acceptors (Lipinski definition) is 5. The zero-order valence-electron chi connectivity index (χ0n) is 16.9. The van der Waals surface area contributed by atoms with E-state index in [1.54, 1.807) is 43.9 Å². The van der Waals surface area contributed by atoms with E-state index in [0.29, 0.717) is 23.7 Å². The molecule has 1 aliphatic heterocycles. The largest absolute Gasteiger partial charge is 0.497 e. The quantitative estimate of drug-likeness (QED) is 0.552. The molecule has 158 valence electrons. The monoisotopic (exact) mass is 445 g/mol. The summed E-state index contributed by atoms with van der Waals surface area (Å²) >= 11 is 5.96. The smallest absolute Gasteiger partial charge is 0.119 e. The van der Waals surface area contributed by atoms with E-state index in [0.717, 1.165) is 16.2 Å². The lowest BCUT2D eigenvalue weighted by atomic mass is 9.85. The minimum Gasteiger partial charge on any atom is -0.497 e. The van der Waals surface area contributed by atoms with Gasteiger partial charge in [-0.25, -0.2) is 4.98 Å². The van der Waals surface area contributed by atoms with Gasteiger partial charge in [-0.2, -0.15) is 5.06 Å². The predicted octanol–water partition coefficient (Wildman–Crippen LogP) is 3.88. The molecule has 30 heavy (non-hydrogen) atoms. The second-order valence-corrected chi connectivity index (χ2v) is 9.33. The van der Waals surface area contributed by atoms with Crippen LogP contribution in [0.15, 0.2) is 72.1 Å². The molecule has 0 saturated carbocycles. The van der Waals surface area contributed by atoms with E-state index >= 15 is 0 Å². The molecule has 1 aliphatic rings. The Labute approximate surface area is 183 Å². The van der Waals surface area contributed by atoms with Crippen molar-refractivity contribution in [1.29, 1.82) is 0 Å². The van der Waals surface area contributed by atoms with E-state index in [-0.39, 0.29) is 6.10 Å². The molecule has 8 heteroatoms. The third-order valence-corrected chi connectivity index (χ3v) is 7.22. The maximum Gasteiger partial charge on any atom is 0.119 e. The maximum absolute atomic E-state index is 12.9. The summed E-state index contributed by atoms with van der Waals surface area (Å²) in [6.07, 6.45) is 6.00. The number of hydrogen-bond donors (Lipinski definition) is 0. The van der Waals surface area contributed by atoms with Crippen molar-refractivity contribution in [2.75, 3.05) is 19.9 Å². The van der Waals surface area contributed by atoms with Crippen molar-refractivity contribution < 1.29 is 13.8 Å². The van der Waals surface area contributed by atoms with Crippen molar-refractivity contribution in [1.82, 2.24) is 14.6 Å². The molecule has 1 saturated heterocycles. The molecule has 0 N–H and O–H groups in total. The number of rotatable bonds is 7. The van der Waals surface area contributed by atoms with Crippen LogP contribution in [0, 0.1) is 0 Å². The van der Waals surface area contributed by atoms with Gasteiger partial charge in [-0.3, -0.25) is 9.05 Å². The van der Waals surface area contributed by atoms with Crippen molar-refractivity contribution in [3.8, 4) is 5.75 Å². The Morgan fingerprint density at radius 2 is 2.10 bits per heavy atom. The second kappa shape index (κ2) is 8.89. The Kier molecular flexibility index (Phi) is 6.24. The van der Waals surface area contributed by atoms with Gasteiger partial charge in [-0.05, 0) is 42.0 Å². The zero-order chi connectivity index (χ0) is 21.1. The number of likely N-dealkylation sites (N-methyl/N-ethyl adjacent to an activating group) is 1. The molecule has 0 aliphatic carbocycles. The molecular formula is C22H24ClN3O3S. The normalized spacial score (nSPS) is 22.8. The summed E-state index contributed by atoms with van der Waals surface area (Å²) in [5, 5.41) is 2.52. The van der Waals surface area contributed by atoms with Crippen LogP contribution in [0.5, 0.6) is 5.75 Å². The van der Waals surface area contributed by atoms with Gasteiger partial charge in [-0.15, -0.1) is 0 Å². The summed E-state index contributed by atoms with van der Waals surface area (Å²) < 4.78 is 20.4. The molecule has 6 nitrogen and oxygen atoms in total. The number of nitrogens with zero attached hydrogens (tertiary/aromatic N) is 3. The van der Waals surface area contributed by atoms with Gasteiger partial charge in [-0.1, -0.05) is 23.7 Å². The highest BCUT2D eigenvalue weighted by atomic mass is 35.5. The molecule has 4 rings (SSSR count). The molecule has 1 fully saturated rings. The van der Waals surface area contributed by atoms with Gasteiger partial charge in [0.2, 0.25) is 0 Å². The Hall–Kier alpha value is -2.19. The van der Waals surface area contributed by atoms with Gasteiger partial charge in [0, 0.05) is 42.3 Å². The fourth-order valence-corrected chi connectivity index (χ4v) is 5.23. The molecule has 0 radical (unpaired) electrons. The highest BCUT2D eigenvalue weighted by Crippen LogP contribution is 2.42. The number of methoxy groups -OCH3 is 1. The van der Waals surface area contributed by atoms with E-state index in [4.69, 9.17) is 21.2 Å². The van der Waals surface area contributed by atoms with Crippen LogP contribution in [-0.4, -0.2) is 44.8 Å². The Balaban J connectivity index is 1.61. The Morgan fingerprint density at radius 1 is 1.30 bits per heavy atom. The van der Waals surface area contributed by atoms with Crippen LogP contribution in [0.1, 0.15) is 12.0 Å². The molecule has 1 unspecified atom stereocenters. The standard InChI is InChI=1S/C22H24ClN3O3S/c1-25-22(15-26-11-10-24-16-26,17-4-3-5-19(12-17)28-2)13-20(29-25)14-30(27)21-8-6-18(23)7-9-21/h3-12,16,20H,13-15H2,1-2H3/t20-,22+,30?/m0/s1. The topological polar surface area (TPSA) is 56.6 Å². The number of imidazole rings is 1. The molecule has 0 spiro atoms. The number of halogens is 1. The Bertz CT molecular complexity index is 1010. The molecule has 2 heterocycles. The van der Waals surface area contributed by atoms with E-state index in [1.807, 2.05) is 41.1 Å². The van der Waals surface area contributed by atoms with Crippen LogP contribution in [0.25, 0.3) is 0 Å². The summed E-state index contributed by atoms with van der Waals surface area (Å²) in [6, 6.07) is 15.2. The summed E-state index contributed by atoms with van der Waals surface area (Å²) in [7, 11) is 2.41. The first-order valence-electron chi connectivity index (χ1n) is 9.65. The third kappa shape index (κ3) is 4.30. The molecule has 0 bridgehead atoms. The van der Waals surface area contributed by atoms with Crippen LogP contribution in [0.4, 0.5) is 0 Å². The highest BCUT2D eigenvalue weighted by molar-refractivity contribution is 7.85. The number of ether oxygens (including phenoxy) is 1. The fraction of sp³-hybridized carbons (Fsp3) is 0.318. The minimum atomic E-state index is -1.18. The van der Waals surface area contributed by atoms with Crippen molar-refractivity contribution in [3.05, 3.63) is 77.8 Å². The van der Waals surface area contributed by atoms with Crippen molar-refractivity contribution >= 4 is 22.4 Å². The van der Waals surface area contributed by atoms with Gasteiger partial charge in [0.1, 0.15) is 5.75 Å². The average Bonchev–Trinajstić information content (AvgIpc) is 3.37. The summed E-state index contributed by atoms with van der Waals surface area (Å²) in [4.78, 5) is 11.1.